The molecule has 0 unspecified atom stereocenters. The summed E-state index contributed by atoms with van der Waals surface area (Å²) in [6.07, 6.45) is 21.6. The molecule has 2 saturated carbocycles. The van der Waals surface area contributed by atoms with E-state index in [9.17, 15) is 0 Å². The summed E-state index contributed by atoms with van der Waals surface area (Å²) in [5, 5.41) is 0. The van der Waals surface area contributed by atoms with E-state index in [-0.39, 0.29) is 22.4 Å². The van der Waals surface area contributed by atoms with E-state index >= 15 is 9.59 Å². The van der Waals surface area contributed by atoms with Crippen LogP contribution in [0.5, 0.6) is 0 Å². The monoisotopic (exact) mass is 1280 g/mol. The van der Waals surface area contributed by atoms with Gasteiger partial charge in [0.25, 0.3) is 0 Å². The lowest BCUT2D eigenvalue weighted by Gasteiger charge is -2.29. The van der Waals surface area contributed by atoms with Crippen molar-refractivity contribution in [2.45, 2.75) is 220 Å². The van der Waals surface area contributed by atoms with Crippen molar-refractivity contribution in [2.24, 2.45) is 11.8 Å². The highest BCUT2D eigenvalue weighted by atomic mass is 32.2. The Bertz CT molecular complexity index is 3960. The lowest BCUT2D eigenvalue weighted by molar-refractivity contribution is 0.0970. The molecule has 0 saturated heterocycles. The molecule has 0 radical (unpaired) electrons. The van der Waals surface area contributed by atoms with Crippen molar-refractivity contribution >= 4 is 58.6 Å². The fourth-order valence-corrected chi connectivity index (χ4v) is 18.1. The summed E-state index contributed by atoms with van der Waals surface area (Å²) in [4.78, 5) is 39.4. The predicted molar refractivity (Wildman–Crippen MR) is 393 cm³/mol. The van der Waals surface area contributed by atoms with Crippen molar-refractivity contribution in [1.29, 1.82) is 0 Å². The van der Waals surface area contributed by atoms with Gasteiger partial charge in [-0.25, -0.2) is 0 Å². The van der Waals surface area contributed by atoms with Crippen molar-refractivity contribution in [3.63, 3.8) is 0 Å². The highest BCUT2D eigenvalue weighted by Gasteiger charge is 2.39. The van der Waals surface area contributed by atoms with Crippen LogP contribution in [0, 0.1) is 11.8 Å². The quantitative estimate of drug-likeness (QED) is 0.0667. The average Bonchev–Trinajstić information content (AvgIpc) is 0.728. The van der Waals surface area contributed by atoms with Crippen molar-refractivity contribution in [1.82, 2.24) is 0 Å². The minimum absolute atomic E-state index is 0.00746. The molecule has 0 aromatic heterocycles. The number of unbranched alkanes of at least 4 members (excludes halogenated alkanes) is 4. The van der Waals surface area contributed by atoms with E-state index in [0.717, 1.165) is 67.7 Å². The third-order valence-corrected chi connectivity index (χ3v) is 24.3. The predicted octanol–water partition coefficient (Wildman–Crippen LogP) is 26.4. The number of carbonyl (C=O) groups excluding carboxylic acids is 2. The van der Waals surface area contributed by atoms with E-state index < -0.39 is 0 Å². The van der Waals surface area contributed by atoms with E-state index in [4.69, 9.17) is 0 Å². The molecule has 92 heavy (non-hydrogen) atoms. The summed E-state index contributed by atoms with van der Waals surface area (Å²) in [6, 6.07) is 70.6. The minimum Gasteiger partial charge on any atom is -0.288 e. The molecule has 0 N–H and O–H groups in total. The van der Waals surface area contributed by atoms with Crippen LogP contribution in [0.25, 0.3) is 33.4 Å². The Hall–Kier alpha value is -6.28. The maximum atomic E-state index is 16.1. The first-order chi connectivity index (χ1) is 44.6. The van der Waals surface area contributed by atoms with Gasteiger partial charge in [0.05, 0.1) is 0 Å². The van der Waals surface area contributed by atoms with E-state index in [1.54, 1.807) is 47.0 Å². The van der Waals surface area contributed by atoms with Gasteiger partial charge in [-0.05, 0) is 214 Å². The number of hydrogen-bond acceptors (Lipinski definition) is 6. The first kappa shape index (κ1) is 65.8. The van der Waals surface area contributed by atoms with Gasteiger partial charge in [0.1, 0.15) is 0 Å². The molecule has 0 heterocycles. The summed E-state index contributed by atoms with van der Waals surface area (Å²) in [5.74, 6) is 2.91. The molecule has 2 fully saturated rings. The number of fused-ring (bicyclic) bond motifs is 2. The molecule has 0 aliphatic heterocycles. The largest absolute Gasteiger partial charge is 0.288 e. The molecular weight excluding hydrogens is 1190 g/mol. The normalized spacial score (nSPS) is 17.6. The maximum Gasteiger partial charge on any atom is 0.196 e. The lowest BCUT2D eigenvalue weighted by Crippen LogP contribution is -2.24. The third-order valence-electron chi connectivity index (χ3n) is 20.0. The van der Waals surface area contributed by atoms with Crippen LogP contribution in [0.4, 0.5) is 0 Å². The SMILES string of the molecule is CCCCCC1CCC(c2ccc(-c3ccc(Sc4ccc(Sc5ccc(C(C)(C)C)cc5)c5c4C(=O)c4c(Sc6ccc(C(C)(C)C)cc6)ccc(Sc6ccc(-c7ccc(-c8ccc(C9CCC(CCCCC)CC9)cc8)cc7)cc6)c4C5=O)cc3)cc2)CC1. The number of rotatable bonds is 21. The summed E-state index contributed by atoms with van der Waals surface area (Å²) in [6.45, 7) is 18.0. The van der Waals surface area contributed by atoms with E-state index in [0.29, 0.717) is 34.1 Å². The molecule has 9 aromatic carbocycles. The minimum atomic E-state index is -0.121. The Kier molecular flexibility index (Phi) is 21.1. The van der Waals surface area contributed by atoms with Gasteiger partial charge in [0.15, 0.2) is 11.6 Å². The smallest absolute Gasteiger partial charge is 0.196 e. The molecule has 12 rings (SSSR count). The van der Waals surface area contributed by atoms with E-state index in [2.05, 4.69) is 250 Å². The molecule has 0 bridgehead atoms. The van der Waals surface area contributed by atoms with Gasteiger partial charge in [0, 0.05) is 61.4 Å². The van der Waals surface area contributed by atoms with Gasteiger partial charge in [-0.2, -0.15) is 0 Å². The highest BCUT2D eigenvalue weighted by molar-refractivity contribution is 8.00. The molecule has 3 aliphatic carbocycles. The molecule has 0 atom stereocenters. The van der Waals surface area contributed by atoms with Gasteiger partial charge in [-0.3, -0.25) is 9.59 Å². The first-order valence-corrected chi connectivity index (χ1v) is 37.7. The van der Waals surface area contributed by atoms with Crippen LogP contribution in [0.3, 0.4) is 0 Å². The Labute approximate surface area is 567 Å². The van der Waals surface area contributed by atoms with Crippen molar-refractivity contribution < 1.29 is 9.59 Å². The number of ketones is 2. The zero-order valence-corrected chi connectivity index (χ0v) is 58.8. The van der Waals surface area contributed by atoms with Crippen LogP contribution in [-0.4, -0.2) is 11.6 Å². The second kappa shape index (κ2) is 29.6. The molecule has 472 valence electrons. The Morgan fingerprint density at radius 2 is 0.543 bits per heavy atom. The van der Waals surface area contributed by atoms with Crippen LogP contribution in [-0.2, 0) is 10.8 Å². The van der Waals surface area contributed by atoms with Crippen molar-refractivity contribution in [2.75, 3.05) is 0 Å². The molecule has 0 amide bonds. The second-order valence-electron chi connectivity index (χ2n) is 28.5. The third kappa shape index (κ3) is 15.6. The van der Waals surface area contributed by atoms with Crippen LogP contribution in [0.15, 0.2) is 233 Å². The van der Waals surface area contributed by atoms with Crippen molar-refractivity contribution in [3.8, 4) is 33.4 Å². The first-order valence-electron chi connectivity index (χ1n) is 34.4. The summed E-state index contributed by atoms with van der Waals surface area (Å²) in [5.41, 5.74) is 14.4. The fourth-order valence-electron chi connectivity index (χ4n) is 14.3. The lowest BCUT2D eigenvalue weighted by atomic mass is 9.77. The number of hydrogen-bond donors (Lipinski definition) is 0. The van der Waals surface area contributed by atoms with Crippen LogP contribution >= 0.6 is 47.0 Å². The van der Waals surface area contributed by atoms with Crippen LogP contribution in [0.1, 0.15) is 224 Å². The highest BCUT2D eigenvalue weighted by Crippen LogP contribution is 2.50. The van der Waals surface area contributed by atoms with Crippen LogP contribution < -0.4 is 0 Å². The Morgan fingerprint density at radius 1 is 0.304 bits per heavy atom. The van der Waals surface area contributed by atoms with E-state index in [1.807, 2.05) is 0 Å². The Morgan fingerprint density at radius 3 is 0.793 bits per heavy atom. The molecule has 6 heteroatoms. The van der Waals surface area contributed by atoms with Crippen LogP contribution in [0.2, 0.25) is 0 Å². The van der Waals surface area contributed by atoms with Gasteiger partial charge in [0.2, 0.25) is 0 Å². The molecule has 3 aliphatic rings. The Balaban J connectivity index is 0.825. The number of benzene rings is 9. The van der Waals surface area contributed by atoms with Crippen molar-refractivity contribution in [3.05, 3.63) is 239 Å². The topological polar surface area (TPSA) is 34.1 Å². The summed E-state index contributed by atoms with van der Waals surface area (Å²) >= 11 is 6.25. The molecule has 9 aromatic rings. The molecular formula is C86H92O2S4. The summed E-state index contributed by atoms with van der Waals surface area (Å²) < 4.78 is 0. The zero-order valence-electron chi connectivity index (χ0n) is 55.5. The average molecular weight is 1290 g/mol. The van der Waals surface area contributed by atoms with E-state index in [1.165, 1.54) is 142 Å². The number of carbonyl (C=O) groups is 2. The zero-order chi connectivity index (χ0) is 63.9. The van der Waals surface area contributed by atoms with Gasteiger partial charge in [-0.1, -0.05) is 275 Å². The standard InChI is InChI=1S/C86H92O2S4/c1-9-11-13-15-57-17-21-59(22-18-57)61-25-29-63(30-26-61)64-31-35-66(36-32-64)68-39-47-72(48-40-68)90-76-54-56-78(92-74-51-43-70(44-52-74)86(6,7)8)82-80(76)84(88)81-77(91-73-49-41-69(42-50-73)85(3,4)5)55-53-75(79(81)83(82)87)89-71-45-37-67(38-46-71)65-33-27-62(28-34-65)60-23-19-58(20-24-60)16-14-12-10-2/h25-60H,9-24H2,1-8H3. The summed E-state index contributed by atoms with van der Waals surface area (Å²) in [7, 11) is 0. The molecule has 2 nitrogen and oxygen atoms in total. The maximum absolute atomic E-state index is 16.1. The second-order valence-corrected chi connectivity index (χ2v) is 33.0. The fraction of sp³-hybridized carbons (Fsp3) is 0.349. The van der Waals surface area contributed by atoms with Gasteiger partial charge in [-0.15, -0.1) is 0 Å². The van der Waals surface area contributed by atoms with Gasteiger partial charge >= 0.3 is 0 Å². The van der Waals surface area contributed by atoms with Gasteiger partial charge < -0.3 is 0 Å². The molecule has 0 spiro atoms.